The van der Waals surface area contributed by atoms with Gasteiger partial charge in [-0.15, -0.1) is 0 Å². The van der Waals surface area contributed by atoms with E-state index in [9.17, 15) is 0 Å². The van der Waals surface area contributed by atoms with Gasteiger partial charge in [-0.05, 0) is 76.6 Å². The van der Waals surface area contributed by atoms with Crippen LogP contribution >= 0.6 is 0 Å². The number of aromatic nitrogens is 2. The number of hydrogen-bond donors (Lipinski definition) is 1. The summed E-state index contributed by atoms with van der Waals surface area (Å²) in [5.41, 5.74) is 7.77. The van der Waals surface area contributed by atoms with Crippen LogP contribution in [-0.4, -0.2) is 29.7 Å². The number of benzene rings is 1. The smallest absolute Gasteiger partial charge is 0.128 e. The first-order valence-electron chi connectivity index (χ1n) is 10.7. The van der Waals surface area contributed by atoms with Gasteiger partial charge in [-0.2, -0.15) is 0 Å². The molecule has 154 valence electrons. The van der Waals surface area contributed by atoms with Crippen LogP contribution in [0.25, 0.3) is 11.3 Å². The molecule has 0 aliphatic heterocycles. The van der Waals surface area contributed by atoms with E-state index < -0.39 is 0 Å². The Kier molecular flexibility index (Phi) is 8.43. The summed E-state index contributed by atoms with van der Waals surface area (Å²) in [7, 11) is 1.73. The minimum Gasteiger partial charge on any atom is -0.496 e. The van der Waals surface area contributed by atoms with Crippen LogP contribution in [0.5, 0.6) is 5.75 Å². The lowest BCUT2D eigenvalue weighted by molar-refractivity contribution is 0.415. The van der Waals surface area contributed by atoms with Crippen LogP contribution in [0.3, 0.4) is 0 Å². The molecule has 4 nitrogen and oxygen atoms in total. The molecular formula is C24H37N3O. The molecule has 1 atom stereocenters. The zero-order valence-electron chi connectivity index (χ0n) is 18.8. The molecule has 0 fully saturated rings. The Labute approximate surface area is 171 Å². The molecule has 1 heterocycles. The van der Waals surface area contributed by atoms with Gasteiger partial charge in [0.2, 0.25) is 0 Å². The molecule has 0 aliphatic carbocycles. The lowest BCUT2D eigenvalue weighted by Crippen LogP contribution is -2.27. The van der Waals surface area contributed by atoms with Gasteiger partial charge in [0.05, 0.1) is 29.9 Å². The molecule has 0 radical (unpaired) electrons. The lowest BCUT2D eigenvalue weighted by Gasteiger charge is -2.18. The van der Waals surface area contributed by atoms with E-state index in [1.165, 1.54) is 11.1 Å². The summed E-state index contributed by atoms with van der Waals surface area (Å²) in [5.74, 6) is 0.883. The van der Waals surface area contributed by atoms with Gasteiger partial charge in [-0.25, -0.2) is 4.98 Å². The van der Waals surface area contributed by atoms with Crippen molar-refractivity contribution < 1.29 is 4.74 Å². The molecule has 1 N–H and O–H groups in total. The molecule has 0 saturated carbocycles. The van der Waals surface area contributed by atoms with Gasteiger partial charge in [0.25, 0.3) is 0 Å². The summed E-state index contributed by atoms with van der Waals surface area (Å²) >= 11 is 0. The molecule has 0 bridgehead atoms. The van der Waals surface area contributed by atoms with Crippen LogP contribution in [0.15, 0.2) is 12.1 Å². The molecule has 0 saturated heterocycles. The van der Waals surface area contributed by atoms with Crippen LogP contribution in [-0.2, 0) is 19.3 Å². The fourth-order valence-electron chi connectivity index (χ4n) is 3.71. The average molecular weight is 384 g/mol. The summed E-state index contributed by atoms with van der Waals surface area (Å²) in [6.07, 6.45) is 4.96. The highest BCUT2D eigenvalue weighted by Gasteiger charge is 2.19. The van der Waals surface area contributed by atoms with Gasteiger partial charge >= 0.3 is 0 Å². The number of nitrogens with zero attached hydrogens (tertiary/aromatic N) is 2. The first-order valence-corrected chi connectivity index (χ1v) is 10.7. The molecule has 2 rings (SSSR count). The molecule has 1 aromatic carbocycles. The number of ether oxygens (including phenoxy) is 1. The molecule has 4 heteroatoms. The molecular weight excluding hydrogens is 346 g/mol. The molecule has 0 aliphatic rings. The van der Waals surface area contributed by atoms with Crippen molar-refractivity contribution >= 4 is 0 Å². The van der Waals surface area contributed by atoms with Crippen molar-refractivity contribution in [3.8, 4) is 17.0 Å². The second-order valence-electron chi connectivity index (χ2n) is 7.67. The second kappa shape index (κ2) is 10.6. The van der Waals surface area contributed by atoms with Crippen LogP contribution in [0.2, 0.25) is 0 Å². The predicted molar refractivity (Wildman–Crippen MR) is 118 cm³/mol. The van der Waals surface area contributed by atoms with E-state index in [4.69, 9.17) is 14.7 Å². The summed E-state index contributed by atoms with van der Waals surface area (Å²) in [5, 5.41) is 3.57. The third-order valence-corrected chi connectivity index (χ3v) is 5.25. The van der Waals surface area contributed by atoms with Crippen LogP contribution in [0.1, 0.15) is 68.7 Å². The Bertz CT molecular complexity index is 786. The van der Waals surface area contributed by atoms with E-state index in [1.807, 2.05) is 0 Å². The number of methoxy groups -OCH3 is 1. The van der Waals surface area contributed by atoms with Crippen LogP contribution < -0.4 is 10.1 Å². The number of hydrogen-bond acceptors (Lipinski definition) is 4. The van der Waals surface area contributed by atoms with Crippen molar-refractivity contribution in [2.24, 2.45) is 0 Å². The standard InChI is InChI=1S/C24H37N3O/c1-8-13-25-18(6)11-12-21-19(9-2)27-24(20(10-3)26-21)23-17(5)14-16(4)15-22(23)28-7/h14-15,18,25H,8-13H2,1-7H3. The molecule has 28 heavy (non-hydrogen) atoms. The van der Waals surface area contributed by atoms with Crippen molar-refractivity contribution in [2.75, 3.05) is 13.7 Å². The first kappa shape index (κ1) is 22.4. The SMILES string of the molecule is CCCNC(C)CCc1nc(CC)c(-c2c(C)cc(C)cc2OC)nc1CC. The van der Waals surface area contributed by atoms with Crippen molar-refractivity contribution in [3.63, 3.8) is 0 Å². The number of rotatable bonds is 10. The Hall–Kier alpha value is -1.94. The zero-order valence-corrected chi connectivity index (χ0v) is 18.8. The van der Waals surface area contributed by atoms with E-state index in [0.29, 0.717) is 6.04 Å². The maximum absolute atomic E-state index is 5.71. The molecule has 0 spiro atoms. The van der Waals surface area contributed by atoms with Crippen molar-refractivity contribution in [1.82, 2.24) is 15.3 Å². The van der Waals surface area contributed by atoms with Crippen molar-refractivity contribution in [3.05, 3.63) is 40.3 Å². The summed E-state index contributed by atoms with van der Waals surface area (Å²) < 4.78 is 5.71. The topological polar surface area (TPSA) is 47.0 Å². The van der Waals surface area contributed by atoms with Gasteiger partial charge in [0.15, 0.2) is 0 Å². The van der Waals surface area contributed by atoms with Crippen LogP contribution in [0.4, 0.5) is 0 Å². The van der Waals surface area contributed by atoms with E-state index in [-0.39, 0.29) is 0 Å². The molecule has 0 amide bonds. The maximum atomic E-state index is 5.71. The fourth-order valence-corrected chi connectivity index (χ4v) is 3.71. The number of aryl methyl sites for hydroxylation is 5. The maximum Gasteiger partial charge on any atom is 0.128 e. The molecule has 1 unspecified atom stereocenters. The Morgan fingerprint density at radius 3 is 2.32 bits per heavy atom. The Morgan fingerprint density at radius 1 is 1.00 bits per heavy atom. The second-order valence-corrected chi connectivity index (χ2v) is 7.67. The summed E-state index contributed by atoms with van der Waals surface area (Å²) in [6.45, 7) is 14.1. The van der Waals surface area contributed by atoms with Crippen molar-refractivity contribution in [2.45, 2.75) is 79.7 Å². The third kappa shape index (κ3) is 5.32. The van der Waals surface area contributed by atoms with E-state index in [2.05, 4.69) is 59.0 Å². The van der Waals surface area contributed by atoms with Gasteiger partial charge in [0.1, 0.15) is 5.75 Å². The minimum absolute atomic E-state index is 0.496. The van der Waals surface area contributed by atoms with Crippen LogP contribution in [0, 0.1) is 13.8 Å². The highest BCUT2D eigenvalue weighted by atomic mass is 16.5. The average Bonchev–Trinajstić information content (AvgIpc) is 2.69. The van der Waals surface area contributed by atoms with Gasteiger partial charge in [0, 0.05) is 11.6 Å². The molecule has 2 aromatic rings. The lowest BCUT2D eigenvalue weighted by atomic mass is 9.98. The van der Waals surface area contributed by atoms with E-state index >= 15 is 0 Å². The van der Waals surface area contributed by atoms with Gasteiger partial charge in [-0.1, -0.05) is 26.8 Å². The van der Waals surface area contributed by atoms with Gasteiger partial charge < -0.3 is 10.1 Å². The van der Waals surface area contributed by atoms with E-state index in [1.54, 1.807) is 7.11 Å². The highest BCUT2D eigenvalue weighted by molar-refractivity contribution is 5.73. The third-order valence-electron chi connectivity index (χ3n) is 5.25. The summed E-state index contributed by atoms with van der Waals surface area (Å²) in [4.78, 5) is 10.2. The Balaban J connectivity index is 2.43. The van der Waals surface area contributed by atoms with E-state index in [0.717, 1.165) is 72.7 Å². The fraction of sp³-hybridized carbons (Fsp3) is 0.583. The first-order chi connectivity index (χ1) is 13.4. The minimum atomic E-state index is 0.496. The zero-order chi connectivity index (χ0) is 20.7. The highest BCUT2D eigenvalue weighted by Crippen LogP contribution is 2.35. The monoisotopic (exact) mass is 383 g/mol. The number of nitrogens with one attached hydrogen (secondary N) is 1. The quantitative estimate of drug-likeness (QED) is 0.611. The van der Waals surface area contributed by atoms with Gasteiger partial charge in [-0.3, -0.25) is 4.98 Å². The Morgan fingerprint density at radius 2 is 1.71 bits per heavy atom. The molecule has 1 aromatic heterocycles. The predicted octanol–water partition coefficient (Wildman–Crippen LogP) is 5.21. The normalized spacial score (nSPS) is 12.2. The largest absolute Gasteiger partial charge is 0.496 e. The summed E-state index contributed by atoms with van der Waals surface area (Å²) in [6, 6.07) is 4.78. The van der Waals surface area contributed by atoms with Crippen molar-refractivity contribution in [1.29, 1.82) is 0 Å².